The summed E-state index contributed by atoms with van der Waals surface area (Å²) in [6, 6.07) is 0. The Morgan fingerprint density at radius 2 is 2.14 bits per heavy atom. The average molecular weight is 286 g/mol. The second kappa shape index (κ2) is 4.89. The summed E-state index contributed by atoms with van der Waals surface area (Å²) in [5.41, 5.74) is 1.90. The highest BCUT2D eigenvalue weighted by Gasteiger charge is 2.17. The minimum atomic E-state index is -1.04. The van der Waals surface area contributed by atoms with E-state index >= 15 is 0 Å². The fourth-order valence-electron chi connectivity index (χ4n) is 2.14. The Kier molecular flexibility index (Phi) is 3.05. The van der Waals surface area contributed by atoms with Crippen LogP contribution in [0.4, 0.5) is 11.4 Å². The van der Waals surface area contributed by atoms with Crippen LogP contribution in [-0.2, 0) is 13.6 Å². The highest BCUT2D eigenvalue weighted by molar-refractivity contribution is 6.04. The van der Waals surface area contributed by atoms with Gasteiger partial charge in [-0.15, -0.1) is 0 Å². The van der Waals surface area contributed by atoms with Crippen LogP contribution in [-0.4, -0.2) is 35.6 Å². The molecule has 0 aliphatic carbocycles. The normalized spacial score (nSPS) is 11.0. The Morgan fingerprint density at radius 1 is 1.33 bits per heavy atom. The van der Waals surface area contributed by atoms with Crippen LogP contribution in [0.2, 0.25) is 0 Å². The lowest BCUT2D eigenvalue weighted by molar-refractivity contribution is 0.0697. The van der Waals surface area contributed by atoms with E-state index in [9.17, 15) is 9.90 Å². The second-order valence-electron chi connectivity index (χ2n) is 4.57. The third-order valence-corrected chi connectivity index (χ3v) is 3.22. The minimum absolute atomic E-state index is 0.0970. The van der Waals surface area contributed by atoms with Gasteiger partial charge in [-0.25, -0.2) is 9.78 Å². The first-order valence-electron chi connectivity index (χ1n) is 6.43. The Bertz CT molecular complexity index is 819. The summed E-state index contributed by atoms with van der Waals surface area (Å²) in [6.45, 7) is 2.72. The Hall–Kier alpha value is -2.90. The lowest BCUT2D eigenvalue weighted by atomic mass is 10.2. The maximum absolute atomic E-state index is 11.4. The molecule has 0 amide bonds. The molecule has 0 fully saturated rings. The van der Waals surface area contributed by atoms with Gasteiger partial charge in [0.2, 0.25) is 0 Å². The number of anilines is 2. The number of hydrogen-bond acceptors (Lipinski definition) is 5. The van der Waals surface area contributed by atoms with Crippen molar-refractivity contribution in [1.82, 2.24) is 24.5 Å². The second-order valence-corrected chi connectivity index (χ2v) is 4.57. The molecule has 0 bridgehead atoms. The van der Waals surface area contributed by atoms with Crippen LogP contribution in [0.3, 0.4) is 0 Å². The van der Waals surface area contributed by atoms with E-state index in [1.165, 1.54) is 6.20 Å². The largest absolute Gasteiger partial charge is 0.478 e. The fraction of sp³-hybridized carbons (Fsp3) is 0.231. The van der Waals surface area contributed by atoms with Gasteiger partial charge in [0.05, 0.1) is 29.2 Å². The number of carboxylic acid groups (broad SMARTS) is 1. The monoisotopic (exact) mass is 286 g/mol. The van der Waals surface area contributed by atoms with Crippen LogP contribution in [0.5, 0.6) is 0 Å². The van der Waals surface area contributed by atoms with Crippen molar-refractivity contribution in [3.63, 3.8) is 0 Å². The molecule has 8 heteroatoms. The maximum atomic E-state index is 11.4. The number of hydrogen-bond donors (Lipinski definition) is 2. The Balaban J connectivity index is 2.13. The van der Waals surface area contributed by atoms with Crippen molar-refractivity contribution in [2.45, 2.75) is 13.5 Å². The topological polar surface area (TPSA) is 97.9 Å². The standard InChI is InChI=1S/C13H14N6O2/c1-3-19-7-8(4-16-19)17-11-9-6-15-18(2)12(9)14-5-10(11)13(20)21/h4-7H,3H2,1-2H3,(H,14,17)(H,20,21). The number of pyridine rings is 1. The van der Waals surface area contributed by atoms with Gasteiger partial charge in [-0.2, -0.15) is 10.2 Å². The number of carboxylic acids is 1. The van der Waals surface area contributed by atoms with Crippen molar-refractivity contribution in [2.75, 3.05) is 5.32 Å². The van der Waals surface area contributed by atoms with Crippen LogP contribution in [0, 0.1) is 0 Å². The van der Waals surface area contributed by atoms with E-state index in [0.717, 1.165) is 12.2 Å². The van der Waals surface area contributed by atoms with Gasteiger partial charge < -0.3 is 10.4 Å². The van der Waals surface area contributed by atoms with Crippen molar-refractivity contribution in [1.29, 1.82) is 0 Å². The predicted octanol–water partition coefficient (Wildman–Crippen LogP) is 1.63. The molecule has 0 aromatic carbocycles. The molecule has 3 rings (SSSR count). The number of fused-ring (bicyclic) bond motifs is 1. The SMILES string of the molecule is CCn1cc(Nc2c(C(=O)O)cnc3c2cnn3C)cn1. The number of rotatable bonds is 4. The number of nitrogens with one attached hydrogen (secondary N) is 1. The molecule has 3 heterocycles. The van der Waals surface area contributed by atoms with Crippen LogP contribution >= 0.6 is 0 Å². The number of aryl methyl sites for hydroxylation is 2. The smallest absolute Gasteiger partial charge is 0.339 e. The molecule has 108 valence electrons. The first-order chi connectivity index (χ1) is 10.1. The molecular weight excluding hydrogens is 272 g/mol. The van der Waals surface area contributed by atoms with Crippen LogP contribution in [0.1, 0.15) is 17.3 Å². The zero-order valence-electron chi connectivity index (χ0n) is 11.6. The zero-order chi connectivity index (χ0) is 15.0. The van der Waals surface area contributed by atoms with E-state index in [1.807, 2.05) is 13.1 Å². The van der Waals surface area contributed by atoms with E-state index in [-0.39, 0.29) is 5.56 Å². The average Bonchev–Trinajstić information content (AvgIpc) is 3.06. The van der Waals surface area contributed by atoms with E-state index in [0.29, 0.717) is 16.7 Å². The molecule has 0 aliphatic rings. The summed E-state index contributed by atoms with van der Waals surface area (Å²) in [4.78, 5) is 15.5. The molecule has 21 heavy (non-hydrogen) atoms. The van der Waals surface area contributed by atoms with Crippen molar-refractivity contribution in [3.8, 4) is 0 Å². The van der Waals surface area contributed by atoms with Crippen molar-refractivity contribution in [2.24, 2.45) is 7.05 Å². The van der Waals surface area contributed by atoms with Crippen molar-refractivity contribution >= 4 is 28.4 Å². The molecule has 0 aliphatic heterocycles. The molecule has 0 saturated heterocycles. The van der Waals surface area contributed by atoms with Gasteiger partial charge in [0.25, 0.3) is 0 Å². The van der Waals surface area contributed by atoms with E-state index in [1.54, 1.807) is 28.8 Å². The maximum Gasteiger partial charge on any atom is 0.339 e. The third kappa shape index (κ3) is 2.20. The lowest BCUT2D eigenvalue weighted by Gasteiger charge is -2.08. The summed E-state index contributed by atoms with van der Waals surface area (Å²) in [5, 5.41) is 21.4. The van der Waals surface area contributed by atoms with Crippen LogP contribution in [0.25, 0.3) is 11.0 Å². The van der Waals surface area contributed by atoms with Gasteiger partial charge in [0, 0.05) is 26.0 Å². The molecule has 3 aromatic heterocycles. The van der Waals surface area contributed by atoms with Crippen LogP contribution < -0.4 is 5.32 Å². The third-order valence-electron chi connectivity index (χ3n) is 3.22. The number of aromatic carboxylic acids is 1. The quantitative estimate of drug-likeness (QED) is 0.756. The zero-order valence-corrected chi connectivity index (χ0v) is 11.6. The molecule has 0 radical (unpaired) electrons. The summed E-state index contributed by atoms with van der Waals surface area (Å²) in [6.07, 6.45) is 6.40. The molecule has 2 N–H and O–H groups in total. The lowest BCUT2D eigenvalue weighted by Crippen LogP contribution is -2.04. The molecule has 0 atom stereocenters. The molecule has 8 nitrogen and oxygen atoms in total. The van der Waals surface area contributed by atoms with Gasteiger partial charge in [-0.1, -0.05) is 0 Å². The minimum Gasteiger partial charge on any atom is -0.478 e. The number of aromatic nitrogens is 5. The van der Waals surface area contributed by atoms with E-state index < -0.39 is 5.97 Å². The first kappa shape index (κ1) is 13.1. The summed E-state index contributed by atoms with van der Waals surface area (Å²) < 4.78 is 3.35. The highest BCUT2D eigenvalue weighted by Crippen LogP contribution is 2.28. The highest BCUT2D eigenvalue weighted by atomic mass is 16.4. The van der Waals surface area contributed by atoms with Gasteiger partial charge >= 0.3 is 5.97 Å². The Morgan fingerprint density at radius 3 is 2.81 bits per heavy atom. The Labute approximate surface area is 120 Å². The summed E-state index contributed by atoms with van der Waals surface area (Å²) in [7, 11) is 1.76. The summed E-state index contributed by atoms with van der Waals surface area (Å²) in [5.74, 6) is -1.04. The molecule has 0 saturated carbocycles. The van der Waals surface area contributed by atoms with E-state index in [2.05, 4.69) is 20.5 Å². The number of carbonyl (C=O) groups is 1. The molecule has 0 unspecified atom stereocenters. The van der Waals surface area contributed by atoms with Gasteiger partial charge in [0.1, 0.15) is 5.56 Å². The van der Waals surface area contributed by atoms with E-state index in [4.69, 9.17) is 0 Å². The van der Waals surface area contributed by atoms with Crippen LogP contribution in [0.15, 0.2) is 24.8 Å². The van der Waals surface area contributed by atoms with Gasteiger partial charge in [0.15, 0.2) is 5.65 Å². The first-order valence-corrected chi connectivity index (χ1v) is 6.43. The number of nitrogens with zero attached hydrogens (tertiary/aromatic N) is 5. The predicted molar refractivity (Wildman–Crippen MR) is 76.7 cm³/mol. The summed E-state index contributed by atoms with van der Waals surface area (Å²) >= 11 is 0. The molecule has 0 spiro atoms. The van der Waals surface area contributed by atoms with Gasteiger partial charge in [-0.05, 0) is 6.92 Å². The molecular formula is C13H14N6O2. The molecule has 3 aromatic rings. The van der Waals surface area contributed by atoms with Gasteiger partial charge in [-0.3, -0.25) is 9.36 Å². The van der Waals surface area contributed by atoms with Crippen molar-refractivity contribution < 1.29 is 9.90 Å². The fourth-order valence-corrected chi connectivity index (χ4v) is 2.14. The van der Waals surface area contributed by atoms with Crippen molar-refractivity contribution in [3.05, 3.63) is 30.4 Å².